The van der Waals surface area contributed by atoms with Crippen LogP contribution in [0.1, 0.15) is 0 Å². The predicted octanol–water partition coefficient (Wildman–Crippen LogP) is -1.14. The lowest BCUT2D eigenvalue weighted by atomic mass is 10.0. The molecule has 4 nitrogen and oxygen atoms in total. The normalized spacial score (nSPS) is 39.8. The number of rotatable bonds is 1. The van der Waals surface area contributed by atoms with Gasteiger partial charge in [-0.1, -0.05) is 0 Å². The third-order valence-electron chi connectivity index (χ3n) is 2.85. The van der Waals surface area contributed by atoms with Crippen molar-refractivity contribution >= 4 is 0 Å². The van der Waals surface area contributed by atoms with E-state index in [4.69, 9.17) is 5.84 Å². The summed E-state index contributed by atoms with van der Waals surface area (Å²) in [6, 6.07) is 0. The van der Waals surface area contributed by atoms with Crippen LogP contribution in [0.15, 0.2) is 0 Å². The summed E-state index contributed by atoms with van der Waals surface area (Å²) < 4.78 is 0. The minimum absolute atomic E-state index is 0.844. The standard InChI is InChI=1S/C7H16N4/c1-10-2-6-4-11(9-8)5-7(6)3-10/h6-7,9H,2-5,8H2,1H3. The molecule has 2 aliphatic heterocycles. The maximum absolute atomic E-state index is 5.33. The van der Waals surface area contributed by atoms with E-state index >= 15 is 0 Å². The third-order valence-corrected chi connectivity index (χ3v) is 2.85. The predicted molar refractivity (Wildman–Crippen MR) is 43.4 cm³/mol. The van der Waals surface area contributed by atoms with Crippen molar-refractivity contribution in [3.8, 4) is 0 Å². The van der Waals surface area contributed by atoms with E-state index in [1.54, 1.807) is 0 Å². The van der Waals surface area contributed by atoms with Crippen LogP contribution in [0.4, 0.5) is 0 Å². The molecule has 2 saturated heterocycles. The van der Waals surface area contributed by atoms with Gasteiger partial charge in [0.25, 0.3) is 0 Å². The highest BCUT2D eigenvalue weighted by atomic mass is 15.6. The van der Waals surface area contributed by atoms with Gasteiger partial charge in [-0.3, -0.25) is 5.84 Å². The molecule has 2 atom stereocenters. The first-order valence-electron chi connectivity index (χ1n) is 4.19. The highest BCUT2D eigenvalue weighted by molar-refractivity contribution is 4.90. The smallest absolute Gasteiger partial charge is 0.0188 e. The van der Waals surface area contributed by atoms with Gasteiger partial charge in [0.2, 0.25) is 0 Å². The maximum atomic E-state index is 5.33. The van der Waals surface area contributed by atoms with Crippen molar-refractivity contribution in [3.63, 3.8) is 0 Å². The minimum atomic E-state index is 0.844. The zero-order valence-electron chi connectivity index (χ0n) is 6.95. The SMILES string of the molecule is CN1CC2CN(NN)CC2C1. The topological polar surface area (TPSA) is 44.5 Å². The van der Waals surface area contributed by atoms with E-state index in [9.17, 15) is 0 Å². The lowest BCUT2D eigenvalue weighted by Crippen LogP contribution is -2.42. The fourth-order valence-corrected chi connectivity index (χ4v) is 2.33. The van der Waals surface area contributed by atoms with E-state index < -0.39 is 0 Å². The Kier molecular flexibility index (Phi) is 1.85. The first-order chi connectivity index (χ1) is 5.29. The molecule has 0 radical (unpaired) electrons. The molecule has 2 fully saturated rings. The van der Waals surface area contributed by atoms with E-state index in [0.29, 0.717) is 0 Å². The van der Waals surface area contributed by atoms with Crippen LogP contribution in [0.3, 0.4) is 0 Å². The molecule has 0 spiro atoms. The molecule has 0 saturated carbocycles. The summed E-state index contributed by atoms with van der Waals surface area (Å²) in [5.74, 6) is 7.02. The van der Waals surface area contributed by atoms with Crippen LogP contribution < -0.4 is 11.4 Å². The quantitative estimate of drug-likeness (QED) is 0.372. The van der Waals surface area contributed by atoms with Gasteiger partial charge in [0, 0.05) is 26.2 Å². The fraction of sp³-hybridized carbons (Fsp3) is 1.00. The molecule has 11 heavy (non-hydrogen) atoms. The summed E-state index contributed by atoms with van der Waals surface area (Å²) in [7, 11) is 2.19. The van der Waals surface area contributed by atoms with Crippen LogP contribution in [0.2, 0.25) is 0 Å². The summed E-state index contributed by atoms with van der Waals surface area (Å²) in [5, 5.41) is 2.11. The molecule has 2 heterocycles. The fourth-order valence-electron chi connectivity index (χ4n) is 2.33. The van der Waals surface area contributed by atoms with Gasteiger partial charge in [-0.15, -0.1) is 0 Å². The summed E-state index contributed by atoms with van der Waals surface area (Å²) in [6.45, 7) is 4.71. The van der Waals surface area contributed by atoms with Gasteiger partial charge in [0.1, 0.15) is 0 Å². The second-order valence-corrected chi connectivity index (χ2v) is 3.78. The van der Waals surface area contributed by atoms with Crippen molar-refractivity contribution in [2.75, 3.05) is 33.2 Å². The van der Waals surface area contributed by atoms with E-state index in [2.05, 4.69) is 22.5 Å². The molecule has 0 aromatic carbocycles. The molecule has 0 aromatic rings. The minimum Gasteiger partial charge on any atom is -0.306 e. The Balaban J connectivity index is 1.93. The van der Waals surface area contributed by atoms with Crippen molar-refractivity contribution in [1.82, 2.24) is 15.4 Å². The Bertz CT molecular complexity index is 135. The van der Waals surface area contributed by atoms with Gasteiger partial charge in [-0.05, 0) is 18.9 Å². The Morgan fingerprint density at radius 2 is 1.73 bits per heavy atom. The van der Waals surface area contributed by atoms with Gasteiger partial charge in [-0.25, -0.2) is 5.01 Å². The zero-order chi connectivity index (χ0) is 7.84. The molecule has 0 amide bonds. The Labute approximate surface area is 67.3 Å². The van der Waals surface area contributed by atoms with Crippen LogP contribution in [-0.2, 0) is 0 Å². The lowest BCUT2D eigenvalue weighted by molar-refractivity contribution is 0.206. The first kappa shape index (κ1) is 7.49. The molecule has 0 aliphatic carbocycles. The molecule has 4 heteroatoms. The summed E-state index contributed by atoms with van der Waals surface area (Å²) in [5.41, 5.74) is 2.72. The van der Waals surface area contributed by atoms with Crippen LogP contribution >= 0.6 is 0 Å². The molecular formula is C7H16N4. The number of hydrogen-bond donors (Lipinski definition) is 2. The molecular weight excluding hydrogens is 140 g/mol. The molecule has 2 aliphatic rings. The van der Waals surface area contributed by atoms with E-state index in [1.807, 2.05) is 0 Å². The summed E-state index contributed by atoms with van der Waals surface area (Å²) in [4.78, 5) is 2.41. The number of hydrazine groups is 2. The monoisotopic (exact) mass is 156 g/mol. The number of nitrogens with zero attached hydrogens (tertiary/aromatic N) is 2. The van der Waals surface area contributed by atoms with Gasteiger partial charge in [-0.2, -0.15) is 5.53 Å². The highest BCUT2D eigenvalue weighted by Gasteiger charge is 2.38. The summed E-state index contributed by atoms with van der Waals surface area (Å²) in [6.07, 6.45) is 0. The molecule has 3 N–H and O–H groups in total. The molecule has 0 aromatic heterocycles. The van der Waals surface area contributed by atoms with Gasteiger partial charge in [0.05, 0.1) is 0 Å². The number of likely N-dealkylation sites (tertiary alicyclic amines) is 1. The van der Waals surface area contributed by atoms with E-state index in [1.165, 1.54) is 13.1 Å². The number of nitrogens with one attached hydrogen (secondary N) is 1. The van der Waals surface area contributed by atoms with Gasteiger partial charge < -0.3 is 4.90 Å². The average molecular weight is 156 g/mol. The maximum Gasteiger partial charge on any atom is 0.0188 e. The van der Waals surface area contributed by atoms with Crippen molar-refractivity contribution in [2.45, 2.75) is 0 Å². The van der Waals surface area contributed by atoms with Crippen molar-refractivity contribution in [3.05, 3.63) is 0 Å². The van der Waals surface area contributed by atoms with Crippen LogP contribution in [0.5, 0.6) is 0 Å². The van der Waals surface area contributed by atoms with Crippen molar-refractivity contribution in [1.29, 1.82) is 0 Å². The zero-order valence-corrected chi connectivity index (χ0v) is 6.95. The number of fused-ring (bicyclic) bond motifs is 1. The lowest BCUT2D eigenvalue weighted by Gasteiger charge is -2.16. The van der Waals surface area contributed by atoms with Gasteiger partial charge in [0.15, 0.2) is 0 Å². The molecule has 2 unspecified atom stereocenters. The van der Waals surface area contributed by atoms with E-state index in [0.717, 1.165) is 24.9 Å². The Hall–Kier alpha value is -0.160. The first-order valence-corrected chi connectivity index (χ1v) is 4.19. The molecule has 0 bridgehead atoms. The number of hydrogen-bond acceptors (Lipinski definition) is 4. The average Bonchev–Trinajstić information content (AvgIpc) is 2.43. The van der Waals surface area contributed by atoms with Gasteiger partial charge >= 0.3 is 0 Å². The Morgan fingerprint density at radius 3 is 2.18 bits per heavy atom. The van der Waals surface area contributed by atoms with Crippen LogP contribution in [0.25, 0.3) is 0 Å². The largest absolute Gasteiger partial charge is 0.306 e. The van der Waals surface area contributed by atoms with E-state index in [-0.39, 0.29) is 0 Å². The number of nitrogens with two attached hydrogens (primary N) is 1. The van der Waals surface area contributed by atoms with Crippen molar-refractivity contribution in [2.24, 2.45) is 17.7 Å². The molecule has 64 valence electrons. The molecule has 2 rings (SSSR count). The Morgan fingerprint density at radius 1 is 1.18 bits per heavy atom. The van der Waals surface area contributed by atoms with Crippen LogP contribution in [0, 0.1) is 11.8 Å². The summed E-state index contributed by atoms with van der Waals surface area (Å²) >= 11 is 0. The van der Waals surface area contributed by atoms with Crippen LogP contribution in [-0.4, -0.2) is 43.1 Å². The third kappa shape index (κ3) is 1.27. The second-order valence-electron chi connectivity index (χ2n) is 3.78. The second kappa shape index (κ2) is 2.71. The highest BCUT2D eigenvalue weighted by Crippen LogP contribution is 2.28. The van der Waals surface area contributed by atoms with Crippen molar-refractivity contribution < 1.29 is 0 Å².